The van der Waals surface area contributed by atoms with Crippen molar-refractivity contribution in [3.05, 3.63) is 24.0 Å². The Morgan fingerprint density at radius 2 is 2.12 bits per heavy atom. The van der Waals surface area contributed by atoms with Gasteiger partial charge in [0.25, 0.3) is 0 Å². The highest BCUT2D eigenvalue weighted by Gasteiger charge is 2.19. The van der Waals surface area contributed by atoms with Crippen molar-refractivity contribution in [1.82, 2.24) is 14.9 Å². The fourth-order valence-corrected chi connectivity index (χ4v) is 2.99. The fraction of sp³-hybridized carbons (Fsp3) is 0.462. The van der Waals surface area contributed by atoms with E-state index in [2.05, 4.69) is 46.6 Å². The van der Waals surface area contributed by atoms with E-state index in [0.29, 0.717) is 6.04 Å². The Labute approximate surface area is 107 Å². The van der Waals surface area contributed by atoms with Crippen molar-refractivity contribution >= 4 is 23.7 Å². The van der Waals surface area contributed by atoms with Crippen LogP contribution in [0.1, 0.15) is 24.7 Å². The molecule has 3 rings (SSSR count). The number of nitrogens with zero attached hydrogens (tertiary/aromatic N) is 2. The molecule has 1 aromatic heterocycles. The van der Waals surface area contributed by atoms with Crippen molar-refractivity contribution in [3.8, 4) is 0 Å². The minimum absolute atomic E-state index is 0.580. The number of thiol groups is 1. The Morgan fingerprint density at radius 1 is 1.35 bits per heavy atom. The number of nitrogens with one attached hydrogen (secondary N) is 1. The first-order valence-corrected chi connectivity index (χ1v) is 6.59. The van der Waals surface area contributed by atoms with Gasteiger partial charge in [-0.05, 0) is 45.0 Å². The minimum Gasteiger partial charge on any atom is -0.325 e. The predicted molar refractivity (Wildman–Crippen MR) is 72.9 cm³/mol. The second kappa shape index (κ2) is 4.35. The lowest BCUT2D eigenvalue weighted by molar-refractivity contribution is 0.370. The zero-order valence-electron chi connectivity index (χ0n) is 9.98. The van der Waals surface area contributed by atoms with Crippen LogP contribution < -0.4 is 5.32 Å². The van der Waals surface area contributed by atoms with Gasteiger partial charge >= 0.3 is 0 Å². The number of aromatic nitrogens is 2. The molecule has 0 amide bonds. The molecule has 3 nitrogen and oxygen atoms in total. The summed E-state index contributed by atoms with van der Waals surface area (Å²) >= 11 is 4.49. The molecule has 0 saturated carbocycles. The van der Waals surface area contributed by atoms with Crippen molar-refractivity contribution < 1.29 is 0 Å². The lowest BCUT2D eigenvalue weighted by Gasteiger charge is -2.25. The number of hydrogen-bond acceptors (Lipinski definition) is 3. The second-order valence-electron chi connectivity index (χ2n) is 4.66. The zero-order valence-corrected chi connectivity index (χ0v) is 10.9. The van der Waals surface area contributed by atoms with E-state index in [1.165, 1.54) is 18.4 Å². The lowest BCUT2D eigenvalue weighted by atomic mass is 10.1. The molecule has 17 heavy (non-hydrogen) atoms. The summed E-state index contributed by atoms with van der Waals surface area (Å²) in [5, 5.41) is 3.41. The average molecular weight is 247 g/mol. The molecule has 1 aliphatic rings. The van der Waals surface area contributed by atoms with E-state index in [9.17, 15) is 0 Å². The van der Waals surface area contributed by atoms with Crippen LogP contribution in [0.5, 0.6) is 0 Å². The molecule has 1 N–H and O–H groups in total. The summed E-state index contributed by atoms with van der Waals surface area (Å²) < 4.78 is 2.38. The third-order valence-corrected chi connectivity index (χ3v) is 3.91. The van der Waals surface area contributed by atoms with Gasteiger partial charge in [-0.15, -0.1) is 12.6 Å². The Balaban J connectivity index is 2.14. The summed E-state index contributed by atoms with van der Waals surface area (Å²) in [6, 6.07) is 6.79. The van der Waals surface area contributed by atoms with Crippen molar-refractivity contribution in [2.45, 2.75) is 30.7 Å². The quantitative estimate of drug-likeness (QED) is 0.759. The Morgan fingerprint density at radius 3 is 2.88 bits per heavy atom. The van der Waals surface area contributed by atoms with Crippen molar-refractivity contribution in [2.75, 3.05) is 13.1 Å². The van der Waals surface area contributed by atoms with Gasteiger partial charge in [0.1, 0.15) is 11.3 Å². The fourth-order valence-electron chi connectivity index (χ4n) is 2.74. The number of para-hydroxylation sites is 1. The molecule has 0 spiro atoms. The number of fused-ring (bicyclic) bond motifs is 1. The van der Waals surface area contributed by atoms with Crippen LogP contribution in [0.2, 0.25) is 0 Å². The summed E-state index contributed by atoms with van der Waals surface area (Å²) in [6.45, 7) is 4.30. The number of aryl methyl sites for hydroxylation is 1. The molecule has 2 aromatic rings. The molecule has 90 valence electrons. The van der Waals surface area contributed by atoms with E-state index in [4.69, 9.17) is 0 Å². The molecular weight excluding hydrogens is 230 g/mol. The molecule has 0 atom stereocenters. The lowest BCUT2D eigenvalue weighted by Crippen LogP contribution is -2.29. The highest BCUT2D eigenvalue weighted by Crippen LogP contribution is 2.29. The molecule has 1 saturated heterocycles. The average Bonchev–Trinajstić information content (AvgIpc) is 2.68. The first kappa shape index (κ1) is 11.1. The van der Waals surface area contributed by atoms with E-state index in [1.54, 1.807) is 0 Å². The summed E-state index contributed by atoms with van der Waals surface area (Å²) in [4.78, 5) is 5.62. The van der Waals surface area contributed by atoms with Crippen LogP contribution in [-0.4, -0.2) is 22.6 Å². The highest BCUT2D eigenvalue weighted by molar-refractivity contribution is 7.80. The van der Waals surface area contributed by atoms with Crippen LogP contribution >= 0.6 is 12.6 Å². The number of hydrogen-bond donors (Lipinski definition) is 2. The molecule has 0 radical (unpaired) electrons. The third-order valence-electron chi connectivity index (χ3n) is 3.55. The van der Waals surface area contributed by atoms with Crippen LogP contribution in [0.15, 0.2) is 23.1 Å². The van der Waals surface area contributed by atoms with Gasteiger partial charge in [-0.2, -0.15) is 0 Å². The maximum Gasteiger partial charge on any atom is 0.107 e. The standard InChI is InChI=1S/C13H17N3S/c1-9-15-13-11(3-2-4-12(13)17)16(9)10-5-7-14-8-6-10/h2-4,10,14,17H,5-8H2,1H3. The summed E-state index contributed by atoms with van der Waals surface area (Å²) in [7, 11) is 0. The molecular formula is C13H17N3S. The third kappa shape index (κ3) is 1.85. The van der Waals surface area contributed by atoms with Crippen LogP contribution in [-0.2, 0) is 0 Å². The van der Waals surface area contributed by atoms with Gasteiger partial charge in [0.05, 0.1) is 5.52 Å². The zero-order chi connectivity index (χ0) is 11.8. The van der Waals surface area contributed by atoms with Crippen LogP contribution in [0.3, 0.4) is 0 Å². The molecule has 1 aromatic carbocycles. The van der Waals surface area contributed by atoms with E-state index in [1.807, 2.05) is 6.07 Å². The van der Waals surface area contributed by atoms with Crippen LogP contribution in [0.25, 0.3) is 11.0 Å². The first-order chi connectivity index (χ1) is 8.27. The van der Waals surface area contributed by atoms with E-state index >= 15 is 0 Å². The van der Waals surface area contributed by atoms with Gasteiger partial charge in [0.2, 0.25) is 0 Å². The topological polar surface area (TPSA) is 29.9 Å². The van der Waals surface area contributed by atoms with Gasteiger partial charge in [-0.1, -0.05) is 6.07 Å². The molecule has 2 heterocycles. The monoisotopic (exact) mass is 247 g/mol. The molecule has 0 bridgehead atoms. The highest BCUT2D eigenvalue weighted by atomic mass is 32.1. The van der Waals surface area contributed by atoms with Crippen molar-refractivity contribution in [1.29, 1.82) is 0 Å². The molecule has 4 heteroatoms. The summed E-state index contributed by atoms with van der Waals surface area (Å²) in [6.07, 6.45) is 2.37. The van der Waals surface area contributed by atoms with E-state index < -0.39 is 0 Å². The second-order valence-corrected chi connectivity index (χ2v) is 5.14. The maximum absolute atomic E-state index is 4.65. The SMILES string of the molecule is Cc1nc2c(S)cccc2n1C1CCNCC1. The smallest absolute Gasteiger partial charge is 0.107 e. The summed E-state index contributed by atoms with van der Waals surface area (Å²) in [5.41, 5.74) is 2.26. The molecule has 1 fully saturated rings. The van der Waals surface area contributed by atoms with Crippen molar-refractivity contribution in [2.24, 2.45) is 0 Å². The molecule has 1 aliphatic heterocycles. The van der Waals surface area contributed by atoms with E-state index in [-0.39, 0.29) is 0 Å². The Hall–Kier alpha value is -1.00. The Kier molecular flexibility index (Phi) is 2.84. The van der Waals surface area contributed by atoms with Gasteiger partial charge < -0.3 is 9.88 Å². The van der Waals surface area contributed by atoms with Crippen LogP contribution in [0.4, 0.5) is 0 Å². The Bertz CT molecular complexity index is 541. The largest absolute Gasteiger partial charge is 0.325 e. The normalized spacial score (nSPS) is 17.8. The molecule has 0 unspecified atom stereocenters. The number of imidazole rings is 1. The number of piperidine rings is 1. The van der Waals surface area contributed by atoms with Gasteiger partial charge in [-0.3, -0.25) is 0 Å². The minimum atomic E-state index is 0.580. The number of benzene rings is 1. The molecule has 0 aliphatic carbocycles. The maximum atomic E-state index is 4.65. The van der Waals surface area contributed by atoms with E-state index in [0.717, 1.165) is 29.3 Å². The van der Waals surface area contributed by atoms with Gasteiger partial charge in [0.15, 0.2) is 0 Å². The van der Waals surface area contributed by atoms with Gasteiger partial charge in [-0.25, -0.2) is 4.98 Å². The van der Waals surface area contributed by atoms with Crippen LogP contribution in [0, 0.1) is 6.92 Å². The number of rotatable bonds is 1. The first-order valence-electron chi connectivity index (χ1n) is 6.14. The van der Waals surface area contributed by atoms with Crippen molar-refractivity contribution in [3.63, 3.8) is 0 Å². The predicted octanol–water partition coefficient (Wildman–Crippen LogP) is 2.56. The van der Waals surface area contributed by atoms with Gasteiger partial charge in [0, 0.05) is 10.9 Å². The summed E-state index contributed by atoms with van der Waals surface area (Å²) in [5.74, 6) is 1.10.